The van der Waals surface area contributed by atoms with Gasteiger partial charge in [0.05, 0.1) is 24.9 Å². The minimum absolute atomic E-state index is 0.111. The van der Waals surface area contributed by atoms with Crippen molar-refractivity contribution in [3.8, 4) is 0 Å². The Kier molecular flexibility index (Phi) is 2.94. The maximum Gasteiger partial charge on any atom is 0.0834 e. The molecule has 1 aliphatic heterocycles. The van der Waals surface area contributed by atoms with Crippen LogP contribution in [0, 0.1) is 5.41 Å². The van der Waals surface area contributed by atoms with Crippen molar-refractivity contribution in [1.82, 2.24) is 0 Å². The van der Waals surface area contributed by atoms with Crippen LogP contribution >= 0.6 is 0 Å². The zero-order valence-electron chi connectivity index (χ0n) is 9.86. The van der Waals surface area contributed by atoms with E-state index in [1.807, 2.05) is 0 Å². The van der Waals surface area contributed by atoms with E-state index in [1.54, 1.807) is 0 Å². The fraction of sp³-hybridized carbons (Fsp3) is 1.00. The van der Waals surface area contributed by atoms with Gasteiger partial charge in [0.15, 0.2) is 0 Å². The highest BCUT2D eigenvalue weighted by Gasteiger charge is 2.55. The van der Waals surface area contributed by atoms with Gasteiger partial charge in [-0.25, -0.2) is 0 Å². The third-order valence-corrected chi connectivity index (χ3v) is 4.77. The summed E-state index contributed by atoms with van der Waals surface area (Å²) in [6.45, 7) is 1.59. The van der Waals surface area contributed by atoms with E-state index in [-0.39, 0.29) is 17.6 Å². The lowest BCUT2D eigenvalue weighted by Crippen LogP contribution is -2.59. The number of hydrogen-bond donors (Lipinski definition) is 1. The van der Waals surface area contributed by atoms with Crippen LogP contribution in [0.15, 0.2) is 0 Å². The van der Waals surface area contributed by atoms with Crippen molar-refractivity contribution in [1.29, 1.82) is 0 Å². The van der Waals surface area contributed by atoms with Crippen LogP contribution in [0.25, 0.3) is 0 Å². The molecule has 1 N–H and O–H groups in total. The molecule has 0 radical (unpaired) electrons. The molecule has 3 atom stereocenters. The normalized spacial score (nSPS) is 42.2. The Bertz CT molecular complexity index is 242. The molecule has 1 spiro atoms. The summed E-state index contributed by atoms with van der Waals surface area (Å²) in [5.74, 6) is 0. The third kappa shape index (κ3) is 1.69. The maximum absolute atomic E-state index is 10.1. The fourth-order valence-electron chi connectivity index (χ4n) is 3.64. The van der Waals surface area contributed by atoms with Crippen LogP contribution in [0.2, 0.25) is 0 Å². The molecule has 3 rings (SSSR count). The van der Waals surface area contributed by atoms with Crippen LogP contribution in [0.5, 0.6) is 0 Å². The van der Waals surface area contributed by atoms with Crippen LogP contribution in [-0.2, 0) is 9.47 Å². The molecule has 0 aromatic rings. The van der Waals surface area contributed by atoms with Gasteiger partial charge in [-0.3, -0.25) is 0 Å². The van der Waals surface area contributed by atoms with E-state index in [0.29, 0.717) is 6.10 Å². The Morgan fingerprint density at radius 2 is 2.00 bits per heavy atom. The summed E-state index contributed by atoms with van der Waals surface area (Å²) in [4.78, 5) is 0. The van der Waals surface area contributed by atoms with E-state index in [9.17, 15) is 5.11 Å². The molecule has 1 heterocycles. The van der Waals surface area contributed by atoms with Crippen molar-refractivity contribution in [2.75, 3.05) is 13.2 Å². The van der Waals surface area contributed by atoms with Gasteiger partial charge in [0.1, 0.15) is 0 Å². The van der Waals surface area contributed by atoms with Crippen LogP contribution in [0.3, 0.4) is 0 Å². The molecular formula is C13H22O3. The van der Waals surface area contributed by atoms with E-state index in [2.05, 4.69) is 0 Å². The number of hydrogen-bond acceptors (Lipinski definition) is 3. The summed E-state index contributed by atoms with van der Waals surface area (Å²) in [5.41, 5.74) is 0.112. The van der Waals surface area contributed by atoms with Crippen molar-refractivity contribution < 1.29 is 14.6 Å². The smallest absolute Gasteiger partial charge is 0.0834 e. The summed E-state index contributed by atoms with van der Waals surface area (Å²) >= 11 is 0. The molecular weight excluding hydrogens is 204 g/mol. The standard InChI is InChI=1S/C13H22O3/c14-11-8-12(16-10-4-7-15-9-10)13(11)5-2-1-3-6-13/h10-12,14H,1-9H2. The van der Waals surface area contributed by atoms with Gasteiger partial charge < -0.3 is 14.6 Å². The highest BCUT2D eigenvalue weighted by molar-refractivity contribution is 5.05. The lowest BCUT2D eigenvalue weighted by atomic mass is 9.56. The van der Waals surface area contributed by atoms with Gasteiger partial charge in [0, 0.05) is 18.4 Å². The van der Waals surface area contributed by atoms with E-state index in [4.69, 9.17) is 9.47 Å². The van der Waals surface area contributed by atoms with Crippen molar-refractivity contribution in [3.63, 3.8) is 0 Å². The van der Waals surface area contributed by atoms with E-state index < -0.39 is 0 Å². The molecule has 0 aromatic carbocycles. The molecule has 3 aliphatic rings. The lowest BCUT2D eigenvalue weighted by molar-refractivity contribution is -0.221. The summed E-state index contributed by atoms with van der Waals surface area (Å²) in [5, 5.41) is 10.1. The Balaban J connectivity index is 1.62. The molecule has 92 valence electrons. The van der Waals surface area contributed by atoms with Crippen LogP contribution in [0.4, 0.5) is 0 Å². The topological polar surface area (TPSA) is 38.7 Å². The minimum Gasteiger partial charge on any atom is -0.392 e. The summed E-state index contributed by atoms with van der Waals surface area (Å²) < 4.78 is 11.5. The van der Waals surface area contributed by atoms with Crippen LogP contribution < -0.4 is 0 Å². The Hall–Kier alpha value is -0.120. The van der Waals surface area contributed by atoms with Gasteiger partial charge in [0.2, 0.25) is 0 Å². The summed E-state index contributed by atoms with van der Waals surface area (Å²) in [6.07, 6.45) is 8.52. The van der Waals surface area contributed by atoms with E-state index >= 15 is 0 Å². The maximum atomic E-state index is 10.1. The van der Waals surface area contributed by atoms with Gasteiger partial charge >= 0.3 is 0 Å². The summed E-state index contributed by atoms with van der Waals surface area (Å²) in [7, 11) is 0. The van der Waals surface area contributed by atoms with Crippen LogP contribution in [0.1, 0.15) is 44.9 Å². The Morgan fingerprint density at radius 1 is 1.19 bits per heavy atom. The molecule has 3 fully saturated rings. The third-order valence-electron chi connectivity index (χ3n) is 4.77. The van der Waals surface area contributed by atoms with Gasteiger partial charge in [-0.1, -0.05) is 19.3 Å². The zero-order valence-corrected chi connectivity index (χ0v) is 9.86. The Labute approximate surface area is 97.1 Å². The van der Waals surface area contributed by atoms with Gasteiger partial charge in [0.25, 0.3) is 0 Å². The molecule has 2 saturated carbocycles. The lowest BCUT2D eigenvalue weighted by Gasteiger charge is -2.55. The number of rotatable bonds is 2. The second kappa shape index (κ2) is 4.28. The first-order valence-electron chi connectivity index (χ1n) is 6.72. The SMILES string of the molecule is OC1CC(OC2CCOC2)C12CCCCC2. The first-order chi connectivity index (χ1) is 7.81. The average Bonchev–Trinajstić information content (AvgIpc) is 2.83. The molecule has 0 amide bonds. The van der Waals surface area contributed by atoms with E-state index in [0.717, 1.165) is 38.9 Å². The Morgan fingerprint density at radius 3 is 2.62 bits per heavy atom. The van der Waals surface area contributed by atoms with Crippen LogP contribution in [-0.4, -0.2) is 36.6 Å². The fourth-order valence-corrected chi connectivity index (χ4v) is 3.64. The molecule has 16 heavy (non-hydrogen) atoms. The van der Waals surface area contributed by atoms with Gasteiger partial charge in [-0.2, -0.15) is 0 Å². The van der Waals surface area contributed by atoms with Crippen molar-refractivity contribution >= 4 is 0 Å². The quantitative estimate of drug-likeness (QED) is 0.781. The van der Waals surface area contributed by atoms with Crippen molar-refractivity contribution in [2.45, 2.75) is 63.3 Å². The number of aliphatic hydroxyl groups excluding tert-OH is 1. The van der Waals surface area contributed by atoms with Crippen molar-refractivity contribution in [3.05, 3.63) is 0 Å². The first kappa shape index (κ1) is 11.0. The number of ether oxygens (including phenoxy) is 2. The molecule has 2 aliphatic carbocycles. The second-order valence-corrected chi connectivity index (χ2v) is 5.66. The molecule has 1 saturated heterocycles. The highest BCUT2D eigenvalue weighted by Crippen LogP contribution is 2.53. The van der Waals surface area contributed by atoms with Crippen molar-refractivity contribution in [2.24, 2.45) is 5.41 Å². The minimum atomic E-state index is -0.111. The monoisotopic (exact) mass is 226 g/mol. The highest BCUT2D eigenvalue weighted by atomic mass is 16.6. The molecule has 3 heteroatoms. The number of aliphatic hydroxyl groups is 1. The van der Waals surface area contributed by atoms with E-state index in [1.165, 1.54) is 19.3 Å². The molecule has 3 unspecified atom stereocenters. The molecule has 3 nitrogen and oxygen atoms in total. The predicted octanol–water partition coefficient (Wildman–Crippen LogP) is 1.88. The largest absolute Gasteiger partial charge is 0.392 e. The second-order valence-electron chi connectivity index (χ2n) is 5.66. The van der Waals surface area contributed by atoms with Gasteiger partial charge in [-0.05, 0) is 19.3 Å². The molecule has 0 bridgehead atoms. The average molecular weight is 226 g/mol. The summed E-state index contributed by atoms with van der Waals surface area (Å²) in [6, 6.07) is 0. The first-order valence-corrected chi connectivity index (χ1v) is 6.72. The van der Waals surface area contributed by atoms with Gasteiger partial charge in [-0.15, -0.1) is 0 Å². The zero-order chi connectivity index (χ0) is 11.0. The molecule has 0 aromatic heterocycles. The predicted molar refractivity (Wildman–Crippen MR) is 60.2 cm³/mol.